The smallest absolute Gasteiger partial charge is 0.145 e. The van der Waals surface area contributed by atoms with Crippen LogP contribution < -0.4 is 0 Å². The van der Waals surface area contributed by atoms with Crippen molar-refractivity contribution in [1.29, 1.82) is 0 Å². The molecular formula is C35H42N2. The number of hydrogen-bond donors (Lipinski definition) is 0. The molecule has 0 radical (unpaired) electrons. The van der Waals surface area contributed by atoms with Gasteiger partial charge in [-0.15, -0.1) is 0 Å². The summed E-state index contributed by atoms with van der Waals surface area (Å²) in [5.74, 6) is 1.68. The van der Waals surface area contributed by atoms with Crippen molar-refractivity contribution in [3.63, 3.8) is 0 Å². The van der Waals surface area contributed by atoms with Gasteiger partial charge in [0.15, 0.2) is 0 Å². The van der Waals surface area contributed by atoms with E-state index in [2.05, 4.69) is 127 Å². The summed E-state index contributed by atoms with van der Waals surface area (Å²) in [6.45, 7) is 18.7. The fourth-order valence-corrected chi connectivity index (χ4v) is 5.91. The van der Waals surface area contributed by atoms with Crippen LogP contribution in [0.1, 0.15) is 72.1 Å². The van der Waals surface area contributed by atoms with Crippen LogP contribution in [0.15, 0.2) is 66.9 Å². The summed E-state index contributed by atoms with van der Waals surface area (Å²) in [6, 6.07) is 22.6. The van der Waals surface area contributed by atoms with Crippen molar-refractivity contribution in [1.82, 2.24) is 9.38 Å². The molecule has 0 N–H and O–H groups in total. The van der Waals surface area contributed by atoms with Gasteiger partial charge in [0.1, 0.15) is 5.65 Å². The maximum atomic E-state index is 5.21. The van der Waals surface area contributed by atoms with Crippen LogP contribution in [0.3, 0.4) is 0 Å². The number of aromatic nitrogens is 2. The summed E-state index contributed by atoms with van der Waals surface area (Å²) in [4.78, 5) is 5.21. The largest absolute Gasteiger partial charge is 0.292 e. The predicted octanol–water partition coefficient (Wildman–Crippen LogP) is 9.64. The molecular weight excluding hydrogens is 448 g/mol. The molecule has 0 atom stereocenters. The van der Waals surface area contributed by atoms with Crippen LogP contribution in [0.5, 0.6) is 0 Å². The molecule has 2 nitrogen and oxygen atoms in total. The zero-order valence-corrected chi connectivity index (χ0v) is 23.9. The lowest BCUT2D eigenvalue weighted by Crippen LogP contribution is -2.24. The fourth-order valence-electron chi connectivity index (χ4n) is 5.91. The fraction of sp³-hybridized carbons (Fsp3) is 0.400. The molecule has 0 aliphatic heterocycles. The zero-order valence-electron chi connectivity index (χ0n) is 23.9. The lowest BCUT2D eigenvalue weighted by molar-refractivity contribution is 0.375. The Morgan fingerprint density at radius 3 is 1.95 bits per heavy atom. The van der Waals surface area contributed by atoms with Crippen molar-refractivity contribution in [3.05, 3.63) is 83.6 Å². The molecule has 0 bridgehead atoms. The first-order chi connectivity index (χ1) is 17.6. The minimum absolute atomic E-state index is 0.0208. The van der Waals surface area contributed by atoms with E-state index in [4.69, 9.17) is 4.98 Å². The molecule has 0 spiro atoms. The molecule has 5 aromatic rings. The number of pyridine rings is 1. The minimum Gasteiger partial charge on any atom is -0.292 e. The maximum absolute atomic E-state index is 5.21. The second-order valence-electron chi connectivity index (χ2n) is 12.6. The SMILES string of the molecule is CC(C)Cc1cccc(CC(C)C)c1-c1cnc2c3c(C(C)(C)C(C)C)cccc3c3ccccc3n12. The van der Waals surface area contributed by atoms with Gasteiger partial charge in [-0.25, -0.2) is 4.98 Å². The number of nitrogens with zero attached hydrogens (tertiary/aromatic N) is 2. The zero-order chi connectivity index (χ0) is 26.5. The van der Waals surface area contributed by atoms with Crippen LogP contribution in [0.25, 0.3) is 38.6 Å². The second-order valence-corrected chi connectivity index (χ2v) is 12.6. The highest BCUT2D eigenvalue weighted by Crippen LogP contribution is 2.42. The molecule has 0 amide bonds. The summed E-state index contributed by atoms with van der Waals surface area (Å²) in [7, 11) is 0. The van der Waals surface area contributed by atoms with E-state index in [1.165, 1.54) is 49.6 Å². The topological polar surface area (TPSA) is 17.3 Å². The van der Waals surface area contributed by atoms with Crippen LogP contribution in [0.4, 0.5) is 0 Å². The Bertz CT molecular complexity index is 1550. The summed E-state index contributed by atoms with van der Waals surface area (Å²) in [5.41, 5.74) is 9.15. The third-order valence-corrected chi connectivity index (χ3v) is 8.37. The van der Waals surface area contributed by atoms with E-state index in [9.17, 15) is 0 Å². The second kappa shape index (κ2) is 9.63. The van der Waals surface area contributed by atoms with Gasteiger partial charge in [-0.05, 0) is 64.2 Å². The van der Waals surface area contributed by atoms with Gasteiger partial charge in [0, 0.05) is 16.3 Å². The summed E-state index contributed by atoms with van der Waals surface area (Å²) in [6.07, 6.45) is 4.26. The van der Waals surface area contributed by atoms with E-state index >= 15 is 0 Å². The Balaban J connectivity index is 1.96. The van der Waals surface area contributed by atoms with E-state index in [0.29, 0.717) is 17.8 Å². The summed E-state index contributed by atoms with van der Waals surface area (Å²) >= 11 is 0. The molecule has 2 heterocycles. The van der Waals surface area contributed by atoms with Gasteiger partial charge in [-0.1, -0.05) is 110 Å². The lowest BCUT2D eigenvalue weighted by Gasteiger charge is -2.31. The third kappa shape index (κ3) is 4.35. The Morgan fingerprint density at radius 2 is 1.32 bits per heavy atom. The lowest BCUT2D eigenvalue weighted by atomic mass is 9.73. The van der Waals surface area contributed by atoms with E-state index in [1.54, 1.807) is 0 Å². The van der Waals surface area contributed by atoms with Crippen LogP contribution >= 0.6 is 0 Å². The molecule has 0 aliphatic carbocycles. The molecule has 3 aromatic carbocycles. The van der Waals surface area contributed by atoms with Crippen LogP contribution in [-0.2, 0) is 18.3 Å². The van der Waals surface area contributed by atoms with E-state index < -0.39 is 0 Å². The van der Waals surface area contributed by atoms with Crippen LogP contribution in [-0.4, -0.2) is 9.38 Å². The standard InChI is InChI=1S/C35H42N2/c1-22(2)19-25-13-11-14-26(20-23(3)4)32(25)31-21-36-34-33-28(27-15-9-10-18-30(27)37(31)34)16-12-17-29(33)35(7,8)24(5)6/h9-18,21-24H,19-20H2,1-8H3. The Labute approximate surface area is 222 Å². The number of imidazole rings is 1. The Hall–Kier alpha value is -3.13. The van der Waals surface area contributed by atoms with Crippen molar-refractivity contribution < 1.29 is 0 Å². The average molecular weight is 491 g/mol. The van der Waals surface area contributed by atoms with E-state index in [0.717, 1.165) is 18.5 Å². The highest BCUT2D eigenvalue weighted by atomic mass is 15.0. The van der Waals surface area contributed by atoms with Gasteiger partial charge in [0.25, 0.3) is 0 Å². The van der Waals surface area contributed by atoms with Crippen molar-refractivity contribution in [2.75, 3.05) is 0 Å². The molecule has 5 rings (SSSR count). The van der Waals surface area contributed by atoms with Crippen LogP contribution in [0.2, 0.25) is 0 Å². The van der Waals surface area contributed by atoms with Crippen molar-refractivity contribution in [3.8, 4) is 11.3 Å². The van der Waals surface area contributed by atoms with Gasteiger partial charge < -0.3 is 0 Å². The predicted molar refractivity (Wildman–Crippen MR) is 161 cm³/mol. The monoisotopic (exact) mass is 490 g/mol. The minimum atomic E-state index is 0.0208. The van der Waals surface area contributed by atoms with Crippen LogP contribution in [0, 0.1) is 17.8 Å². The number of fused-ring (bicyclic) bond motifs is 6. The van der Waals surface area contributed by atoms with Gasteiger partial charge in [-0.2, -0.15) is 0 Å². The number of rotatable bonds is 7. The Kier molecular flexibility index (Phi) is 6.64. The average Bonchev–Trinajstić information content (AvgIpc) is 3.28. The van der Waals surface area contributed by atoms with Crippen molar-refractivity contribution >= 4 is 27.3 Å². The molecule has 0 unspecified atom stereocenters. The molecule has 37 heavy (non-hydrogen) atoms. The van der Waals surface area contributed by atoms with Gasteiger partial charge in [0.2, 0.25) is 0 Å². The van der Waals surface area contributed by atoms with Gasteiger partial charge in [0.05, 0.1) is 17.4 Å². The van der Waals surface area contributed by atoms with Gasteiger partial charge in [-0.3, -0.25) is 4.40 Å². The number of benzene rings is 3. The van der Waals surface area contributed by atoms with Crippen molar-refractivity contribution in [2.24, 2.45) is 17.8 Å². The van der Waals surface area contributed by atoms with Crippen molar-refractivity contribution in [2.45, 2.75) is 73.6 Å². The molecule has 0 fully saturated rings. The third-order valence-electron chi connectivity index (χ3n) is 8.37. The molecule has 192 valence electrons. The summed E-state index contributed by atoms with van der Waals surface area (Å²) < 4.78 is 2.46. The first-order valence-electron chi connectivity index (χ1n) is 14.0. The summed E-state index contributed by atoms with van der Waals surface area (Å²) in [5, 5.41) is 3.87. The molecule has 2 aromatic heterocycles. The van der Waals surface area contributed by atoms with E-state index in [1.807, 2.05) is 0 Å². The highest BCUT2D eigenvalue weighted by Gasteiger charge is 2.29. The molecule has 0 saturated carbocycles. The molecule has 0 aliphatic rings. The highest BCUT2D eigenvalue weighted by molar-refractivity contribution is 6.14. The quantitative estimate of drug-likeness (QED) is 0.208. The normalized spacial score (nSPS) is 12.7. The number of para-hydroxylation sites is 1. The van der Waals surface area contributed by atoms with Gasteiger partial charge >= 0.3 is 0 Å². The van der Waals surface area contributed by atoms with E-state index in [-0.39, 0.29) is 5.41 Å². The molecule has 0 saturated heterocycles. The first kappa shape index (κ1) is 25.5. The molecule has 2 heteroatoms. The maximum Gasteiger partial charge on any atom is 0.145 e. The first-order valence-corrected chi connectivity index (χ1v) is 14.0. The Morgan fingerprint density at radius 1 is 0.730 bits per heavy atom. The number of hydrogen-bond acceptors (Lipinski definition) is 1.